The molecule has 6 nitrogen and oxygen atoms in total. The van der Waals surface area contributed by atoms with Gasteiger partial charge in [0.2, 0.25) is 5.95 Å². The molecule has 0 aliphatic carbocycles. The lowest BCUT2D eigenvalue weighted by atomic mass is 10.1. The molecule has 2 aromatic rings. The molecule has 0 aromatic carbocycles. The van der Waals surface area contributed by atoms with Gasteiger partial charge in [0.15, 0.2) is 0 Å². The number of carbonyl (C=O) groups is 1. The van der Waals surface area contributed by atoms with Crippen LogP contribution in [0.2, 0.25) is 0 Å². The van der Waals surface area contributed by atoms with Crippen LogP contribution in [0.25, 0.3) is 0 Å². The molecule has 2 heterocycles. The number of hydrogen-bond acceptors (Lipinski definition) is 6. The minimum Gasteiger partial charge on any atom is -0.368 e. The molecule has 7 heteroatoms. The smallest absolute Gasteiger partial charge is 0.270 e. The van der Waals surface area contributed by atoms with Gasteiger partial charge >= 0.3 is 0 Å². The molecule has 0 radical (unpaired) electrons. The van der Waals surface area contributed by atoms with Crippen molar-refractivity contribution in [1.82, 2.24) is 20.2 Å². The van der Waals surface area contributed by atoms with Crippen LogP contribution in [0.1, 0.15) is 52.4 Å². The van der Waals surface area contributed by atoms with E-state index in [0.29, 0.717) is 12.2 Å². The van der Waals surface area contributed by atoms with Gasteiger partial charge in [-0.3, -0.25) is 4.79 Å². The van der Waals surface area contributed by atoms with Crippen molar-refractivity contribution in [2.24, 2.45) is 0 Å². The lowest BCUT2D eigenvalue weighted by molar-refractivity contribution is 0.0937. The molecule has 1 atom stereocenters. The van der Waals surface area contributed by atoms with Gasteiger partial charge in [0, 0.05) is 17.1 Å². The largest absolute Gasteiger partial charge is 0.368 e. The second-order valence-corrected chi connectivity index (χ2v) is 7.30. The number of thiophene rings is 1. The van der Waals surface area contributed by atoms with Crippen LogP contribution in [-0.2, 0) is 0 Å². The van der Waals surface area contributed by atoms with Crippen molar-refractivity contribution in [2.45, 2.75) is 32.7 Å². The van der Waals surface area contributed by atoms with Crippen LogP contribution in [0, 0.1) is 6.92 Å². The highest BCUT2D eigenvalue weighted by molar-refractivity contribution is 7.10. The Hall–Kier alpha value is -1.99. The molecule has 24 heavy (non-hydrogen) atoms. The summed E-state index contributed by atoms with van der Waals surface area (Å²) in [7, 11) is 4.02. The van der Waals surface area contributed by atoms with Gasteiger partial charge in [-0.15, -0.1) is 11.3 Å². The maximum Gasteiger partial charge on any atom is 0.270 e. The van der Waals surface area contributed by atoms with Gasteiger partial charge in [-0.05, 0) is 50.0 Å². The van der Waals surface area contributed by atoms with E-state index in [0.717, 1.165) is 5.69 Å². The van der Waals surface area contributed by atoms with Crippen LogP contribution in [-0.4, -0.2) is 41.4 Å². The summed E-state index contributed by atoms with van der Waals surface area (Å²) in [6.07, 6.45) is 0. The molecular weight excluding hydrogens is 322 g/mol. The minimum absolute atomic E-state index is 0.123. The summed E-state index contributed by atoms with van der Waals surface area (Å²) >= 11 is 1.70. The lowest BCUT2D eigenvalue weighted by Crippen LogP contribution is -2.35. The van der Waals surface area contributed by atoms with Gasteiger partial charge < -0.3 is 16.0 Å². The Morgan fingerprint density at radius 1 is 1.38 bits per heavy atom. The van der Waals surface area contributed by atoms with Gasteiger partial charge in [-0.2, -0.15) is 0 Å². The molecule has 2 rings (SSSR count). The SMILES string of the molecule is Cc1ccsc1C(CNC(=O)c1cc(C(C)C)nc(N)n1)N(C)C. The van der Waals surface area contributed by atoms with Crippen LogP contribution in [0.5, 0.6) is 0 Å². The van der Waals surface area contributed by atoms with Crippen LogP contribution in [0.15, 0.2) is 17.5 Å². The van der Waals surface area contributed by atoms with E-state index in [1.54, 1.807) is 17.4 Å². The van der Waals surface area contributed by atoms with Crippen LogP contribution in [0.3, 0.4) is 0 Å². The van der Waals surface area contributed by atoms with E-state index < -0.39 is 0 Å². The Balaban J connectivity index is 2.13. The molecule has 3 N–H and O–H groups in total. The molecule has 0 saturated heterocycles. The summed E-state index contributed by atoms with van der Waals surface area (Å²) in [5, 5.41) is 5.04. The number of anilines is 1. The normalized spacial score (nSPS) is 12.6. The van der Waals surface area contributed by atoms with Gasteiger partial charge in [0.1, 0.15) is 5.69 Å². The van der Waals surface area contributed by atoms with Gasteiger partial charge in [0.25, 0.3) is 5.91 Å². The number of likely N-dealkylation sites (N-methyl/N-ethyl adjacent to an activating group) is 1. The van der Waals surface area contributed by atoms with Crippen molar-refractivity contribution >= 4 is 23.2 Å². The number of nitrogens with zero attached hydrogens (tertiary/aromatic N) is 3. The molecule has 0 saturated carbocycles. The van der Waals surface area contributed by atoms with E-state index in [1.165, 1.54) is 10.4 Å². The number of aryl methyl sites for hydroxylation is 1. The minimum atomic E-state index is -0.230. The zero-order valence-corrected chi connectivity index (χ0v) is 15.6. The second-order valence-electron chi connectivity index (χ2n) is 6.35. The molecule has 0 bridgehead atoms. The average Bonchev–Trinajstić information content (AvgIpc) is 2.92. The number of nitrogen functional groups attached to an aromatic ring is 1. The van der Waals surface area contributed by atoms with E-state index >= 15 is 0 Å². The predicted octanol–water partition coefficient (Wildman–Crippen LogP) is 2.58. The van der Waals surface area contributed by atoms with Gasteiger partial charge in [-0.25, -0.2) is 9.97 Å². The predicted molar refractivity (Wildman–Crippen MR) is 98.4 cm³/mol. The van der Waals surface area contributed by atoms with E-state index in [-0.39, 0.29) is 23.8 Å². The maximum atomic E-state index is 12.5. The van der Waals surface area contributed by atoms with Crippen molar-refractivity contribution < 1.29 is 4.79 Å². The topological polar surface area (TPSA) is 84.1 Å². The molecule has 0 aliphatic heterocycles. The summed E-state index contributed by atoms with van der Waals surface area (Å²) < 4.78 is 0. The quantitative estimate of drug-likeness (QED) is 0.839. The number of nitrogens with two attached hydrogens (primary N) is 1. The van der Waals surface area contributed by atoms with Crippen molar-refractivity contribution in [3.05, 3.63) is 39.3 Å². The molecule has 0 spiro atoms. The van der Waals surface area contributed by atoms with Crippen LogP contribution in [0.4, 0.5) is 5.95 Å². The van der Waals surface area contributed by atoms with E-state index in [9.17, 15) is 4.79 Å². The fraction of sp³-hybridized carbons (Fsp3) is 0.471. The Kier molecular flexibility index (Phi) is 5.90. The zero-order valence-electron chi connectivity index (χ0n) is 14.8. The van der Waals surface area contributed by atoms with Gasteiger partial charge in [-0.1, -0.05) is 13.8 Å². The first-order valence-corrected chi connectivity index (χ1v) is 8.80. The summed E-state index contributed by atoms with van der Waals surface area (Å²) in [6.45, 7) is 6.61. The summed E-state index contributed by atoms with van der Waals surface area (Å²) in [5.74, 6) is 0.0850. The highest BCUT2D eigenvalue weighted by Crippen LogP contribution is 2.26. The Morgan fingerprint density at radius 3 is 2.62 bits per heavy atom. The number of hydrogen-bond donors (Lipinski definition) is 2. The fourth-order valence-corrected chi connectivity index (χ4v) is 3.54. The second kappa shape index (κ2) is 7.72. The molecule has 130 valence electrons. The fourth-order valence-electron chi connectivity index (χ4n) is 2.41. The van der Waals surface area contributed by atoms with Gasteiger partial charge in [0.05, 0.1) is 6.04 Å². The lowest BCUT2D eigenvalue weighted by Gasteiger charge is -2.24. The molecule has 0 aliphatic rings. The third-order valence-electron chi connectivity index (χ3n) is 3.87. The molecular formula is C17H25N5OS. The average molecular weight is 347 g/mol. The number of amides is 1. The number of nitrogens with one attached hydrogen (secondary N) is 1. The van der Waals surface area contributed by atoms with E-state index in [2.05, 4.69) is 38.6 Å². The Bertz CT molecular complexity index is 711. The first-order valence-electron chi connectivity index (χ1n) is 7.92. The Labute approximate surface area is 147 Å². The molecule has 2 aromatic heterocycles. The summed E-state index contributed by atoms with van der Waals surface area (Å²) in [5.41, 5.74) is 8.05. The zero-order chi connectivity index (χ0) is 17.9. The van der Waals surface area contributed by atoms with Crippen molar-refractivity contribution in [3.8, 4) is 0 Å². The molecule has 1 amide bonds. The Morgan fingerprint density at radius 2 is 2.08 bits per heavy atom. The number of aromatic nitrogens is 2. The highest BCUT2D eigenvalue weighted by atomic mass is 32.1. The van der Waals surface area contributed by atoms with Crippen molar-refractivity contribution in [2.75, 3.05) is 26.4 Å². The van der Waals surface area contributed by atoms with E-state index in [1.807, 2.05) is 27.9 Å². The molecule has 1 unspecified atom stereocenters. The summed E-state index contributed by atoms with van der Waals surface area (Å²) in [4.78, 5) is 24.1. The first-order chi connectivity index (χ1) is 11.3. The summed E-state index contributed by atoms with van der Waals surface area (Å²) in [6, 6.07) is 3.92. The monoisotopic (exact) mass is 347 g/mol. The van der Waals surface area contributed by atoms with E-state index in [4.69, 9.17) is 5.73 Å². The maximum absolute atomic E-state index is 12.5. The third-order valence-corrected chi connectivity index (χ3v) is 4.99. The third kappa shape index (κ3) is 4.30. The van der Waals surface area contributed by atoms with Crippen molar-refractivity contribution in [3.63, 3.8) is 0 Å². The van der Waals surface area contributed by atoms with Crippen LogP contribution >= 0.6 is 11.3 Å². The number of rotatable bonds is 6. The number of carbonyl (C=O) groups excluding carboxylic acids is 1. The standard InChI is InChI=1S/C17H25N5OS/c1-10(2)12-8-13(21-17(18)20-12)16(23)19-9-14(22(4)5)15-11(3)6-7-24-15/h6-8,10,14H,9H2,1-5H3,(H,19,23)(H2,18,20,21). The molecule has 0 fully saturated rings. The highest BCUT2D eigenvalue weighted by Gasteiger charge is 2.20. The first kappa shape index (κ1) is 18.4. The van der Waals surface area contributed by atoms with Crippen molar-refractivity contribution in [1.29, 1.82) is 0 Å². The van der Waals surface area contributed by atoms with Crippen LogP contribution < -0.4 is 11.1 Å².